The predicted molar refractivity (Wildman–Crippen MR) is 163 cm³/mol. The Morgan fingerprint density at radius 1 is 1.09 bits per heavy atom. The maximum absolute atomic E-state index is 14.0. The van der Waals surface area contributed by atoms with Gasteiger partial charge in [-0.3, -0.25) is 24.3 Å². The summed E-state index contributed by atoms with van der Waals surface area (Å²) >= 11 is 0. The van der Waals surface area contributed by atoms with Crippen LogP contribution in [0.4, 0.5) is 0 Å². The highest BCUT2D eigenvalue weighted by atomic mass is 16.5. The zero-order valence-electron chi connectivity index (χ0n) is 25.7. The molecule has 1 aromatic heterocycles. The molecule has 1 aliphatic heterocycles. The molecule has 44 heavy (non-hydrogen) atoms. The quantitative estimate of drug-likeness (QED) is 0.271. The highest BCUT2D eigenvalue weighted by Gasteiger charge is 2.41. The SMILES string of the molecule is CNC(=O)[C@H](Cc1ccccc1)N(C)C(=O)[C@H]1CCCN1C(=O)[C@@H](CC(C)C)NC(=O)c1ccccc1OCc1c[nH]nn1. The van der Waals surface area contributed by atoms with Gasteiger partial charge < -0.3 is 25.2 Å². The Morgan fingerprint density at radius 2 is 1.82 bits per heavy atom. The van der Waals surface area contributed by atoms with Crippen molar-refractivity contribution in [2.24, 2.45) is 5.92 Å². The number of likely N-dealkylation sites (N-methyl/N-ethyl adjacent to an activating group) is 2. The first-order valence-corrected chi connectivity index (χ1v) is 14.9. The van der Waals surface area contributed by atoms with Crippen molar-refractivity contribution in [1.29, 1.82) is 0 Å². The van der Waals surface area contributed by atoms with Crippen molar-refractivity contribution in [2.75, 3.05) is 20.6 Å². The van der Waals surface area contributed by atoms with Gasteiger partial charge >= 0.3 is 0 Å². The Labute approximate surface area is 257 Å². The number of carbonyl (C=O) groups is 4. The Kier molecular flexibility index (Phi) is 11.1. The molecule has 3 aromatic rings. The number of likely N-dealkylation sites (tertiary alicyclic amines) is 1. The standard InChI is InChI=1S/C32H41N7O5/c1-21(2)17-25(35-29(40)24-13-8-9-15-28(24)44-20-23-19-34-37-36-23)31(42)39-16-10-14-26(39)32(43)38(4)27(30(41)33-3)18-22-11-6-5-7-12-22/h5-9,11-13,15,19,21,25-27H,10,14,16-18,20H2,1-4H3,(H,33,41)(H,35,40)(H,34,36,37)/t25-,26-,27+/m1/s1. The highest BCUT2D eigenvalue weighted by molar-refractivity contribution is 6.00. The fourth-order valence-corrected chi connectivity index (χ4v) is 5.44. The lowest BCUT2D eigenvalue weighted by atomic mass is 10.0. The zero-order chi connectivity index (χ0) is 31.6. The normalized spacial score (nSPS) is 15.8. The number of H-pyrrole nitrogens is 1. The fourth-order valence-electron chi connectivity index (χ4n) is 5.44. The lowest BCUT2D eigenvalue weighted by Gasteiger charge is -2.34. The number of rotatable bonds is 13. The van der Waals surface area contributed by atoms with Gasteiger partial charge in [0.05, 0.1) is 5.56 Å². The first-order chi connectivity index (χ1) is 21.2. The van der Waals surface area contributed by atoms with Crippen molar-refractivity contribution in [1.82, 2.24) is 35.8 Å². The van der Waals surface area contributed by atoms with E-state index in [2.05, 4.69) is 26.0 Å². The van der Waals surface area contributed by atoms with Crippen molar-refractivity contribution < 1.29 is 23.9 Å². The average molecular weight is 604 g/mol. The van der Waals surface area contributed by atoms with E-state index < -0.39 is 24.0 Å². The summed E-state index contributed by atoms with van der Waals surface area (Å²) in [7, 11) is 3.15. The van der Waals surface area contributed by atoms with Crippen LogP contribution in [0.25, 0.3) is 0 Å². The van der Waals surface area contributed by atoms with E-state index in [4.69, 9.17) is 4.74 Å². The van der Waals surface area contributed by atoms with Gasteiger partial charge in [0.15, 0.2) is 0 Å². The summed E-state index contributed by atoms with van der Waals surface area (Å²) in [6, 6.07) is 14.0. The lowest BCUT2D eigenvalue weighted by Crippen LogP contribution is -2.57. The maximum Gasteiger partial charge on any atom is 0.255 e. The molecule has 12 heteroatoms. The fraction of sp³-hybridized carbons (Fsp3) is 0.438. The van der Waals surface area contributed by atoms with Crippen molar-refractivity contribution in [2.45, 2.75) is 64.3 Å². The van der Waals surface area contributed by atoms with Crippen LogP contribution in [-0.4, -0.2) is 87.6 Å². The van der Waals surface area contributed by atoms with Crippen molar-refractivity contribution in [3.05, 3.63) is 77.6 Å². The molecule has 234 valence electrons. The Bertz CT molecular complexity index is 1410. The molecule has 4 amide bonds. The average Bonchev–Trinajstić information content (AvgIpc) is 3.74. The van der Waals surface area contributed by atoms with Gasteiger partial charge in [0.25, 0.3) is 5.91 Å². The molecule has 0 radical (unpaired) electrons. The van der Waals surface area contributed by atoms with Crippen LogP contribution in [0.3, 0.4) is 0 Å². The minimum atomic E-state index is -0.858. The van der Waals surface area contributed by atoms with E-state index in [1.54, 1.807) is 49.5 Å². The number of aromatic nitrogens is 3. The summed E-state index contributed by atoms with van der Waals surface area (Å²) in [5.74, 6) is -0.931. The Morgan fingerprint density at radius 3 is 2.50 bits per heavy atom. The number of hydrogen-bond acceptors (Lipinski definition) is 7. The van der Waals surface area contributed by atoms with E-state index in [-0.39, 0.29) is 35.8 Å². The van der Waals surface area contributed by atoms with E-state index in [1.807, 2.05) is 44.2 Å². The maximum atomic E-state index is 14.0. The summed E-state index contributed by atoms with van der Waals surface area (Å²) < 4.78 is 5.83. The summed E-state index contributed by atoms with van der Waals surface area (Å²) in [5.41, 5.74) is 1.77. The largest absolute Gasteiger partial charge is 0.486 e. The molecule has 4 rings (SSSR count). The Balaban J connectivity index is 1.50. The third kappa shape index (κ3) is 8.00. The summed E-state index contributed by atoms with van der Waals surface area (Å²) in [6.45, 7) is 4.44. The van der Waals surface area contributed by atoms with Gasteiger partial charge in [0.1, 0.15) is 36.2 Å². The molecule has 2 aromatic carbocycles. The summed E-state index contributed by atoms with van der Waals surface area (Å²) in [6.07, 6.45) is 3.44. The number of benzene rings is 2. The number of nitrogens with zero attached hydrogens (tertiary/aromatic N) is 4. The van der Waals surface area contributed by atoms with Crippen LogP contribution in [0, 0.1) is 5.92 Å². The zero-order valence-corrected chi connectivity index (χ0v) is 25.7. The second-order valence-corrected chi connectivity index (χ2v) is 11.4. The first kappa shape index (κ1) is 32.2. The topological polar surface area (TPSA) is 150 Å². The summed E-state index contributed by atoms with van der Waals surface area (Å²) in [4.78, 5) is 57.3. The molecule has 0 unspecified atom stereocenters. The van der Waals surface area contributed by atoms with Gasteiger partial charge in [-0.15, -0.1) is 5.10 Å². The number of hydrogen-bond donors (Lipinski definition) is 3. The van der Waals surface area contributed by atoms with E-state index in [0.717, 1.165) is 5.56 Å². The molecule has 3 atom stereocenters. The predicted octanol–water partition coefficient (Wildman–Crippen LogP) is 2.33. The molecular formula is C32H41N7O5. The van der Waals surface area contributed by atoms with Crippen LogP contribution in [0.1, 0.15) is 54.7 Å². The number of aromatic amines is 1. The highest BCUT2D eigenvalue weighted by Crippen LogP contribution is 2.24. The van der Waals surface area contributed by atoms with Crippen LogP contribution < -0.4 is 15.4 Å². The van der Waals surface area contributed by atoms with Gasteiger partial charge in [-0.05, 0) is 42.9 Å². The minimum absolute atomic E-state index is 0.0887. The minimum Gasteiger partial charge on any atom is -0.486 e. The van der Waals surface area contributed by atoms with Crippen molar-refractivity contribution in [3.8, 4) is 5.75 Å². The molecule has 1 fully saturated rings. The molecular weight excluding hydrogens is 562 g/mol. The van der Waals surface area contributed by atoms with Crippen LogP contribution in [0.2, 0.25) is 0 Å². The van der Waals surface area contributed by atoms with Gasteiger partial charge in [-0.1, -0.05) is 61.5 Å². The van der Waals surface area contributed by atoms with Gasteiger partial charge in [0, 0.05) is 33.3 Å². The van der Waals surface area contributed by atoms with Crippen molar-refractivity contribution in [3.63, 3.8) is 0 Å². The second kappa shape index (κ2) is 15.1. The Hall–Kier alpha value is -4.74. The van der Waals surface area contributed by atoms with E-state index in [1.165, 1.54) is 4.90 Å². The van der Waals surface area contributed by atoms with E-state index in [9.17, 15) is 19.2 Å². The van der Waals surface area contributed by atoms with Crippen LogP contribution in [0.15, 0.2) is 60.8 Å². The third-order valence-corrected chi connectivity index (χ3v) is 7.74. The molecule has 0 aliphatic carbocycles. The monoisotopic (exact) mass is 603 g/mol. The number of para-hydroxylation sites is 1. The van der Waals surface area contributed by atoms with Crippen LogP contribution in [0.5, 0.6) is 5.75 Å². The second-order valence-electron chi connectivity index (χ2n) is 11.4. The number of carbonyl (C=O) groups excluding carboxylic acids is 4. The molecule has 0 bridgehead atoms. The molecule has 0 spiro atoms. The van der Waals surface area contributed by atoms with Crippen LogP contribution >= 0.6 is 0 Å². The smallest absolute Gasteiger partial charge is 0.255 e. The van der Waals surface area contributed by atoms with Gasteiger partial charge in [0.2, 0.25) is 17.7 Å². The molecule has 12 nitrogen and oxygen atoms in total. The molecule has 1 aliphatic rings. The molecule has 3 N–H and O–H groups in total. The van der Waals surface area contributed by atoms with E-state index >= 15 is 0 Å². The van der Waals surface area contributed by atoms with Gasteiger partial charge in [-0.2, -0.15) is 0 Å². The first-order valence-electron chi connectivity index (χ1n) is 14.9. The number of amides is 4. The van der Waals surface area contributed by atoms with E-state index in [0.29, 0.717) is 43.7 Å². The molecule has 0 saturated carbocycles. The van der Waals surface area contributed by atoms with Gasteiger partial charge in [-0.25, -0.2) is 0 Å². The molecule has 2 heterocycles. The molecule has 1 saturated heterocycles. The van der Waals surface area contributed by atoms with Crippen molar-refractivity contribution >= 4 is 23.6 Å². The lowest BCUT2D eigenvalue weighted by molar-refractivity contribution is -0.147. The van der Waals surface area contributed by atoms with Crippen LogP contribution in [-0.2, 0) is 27.4 Å². The third-order valence-electron chi connectivity index (χ3n) is 7.74. The summed E-state index contributed by atoms with van der Waals surface area (Å²) in [5, 5.41) is 15.8. The number of ether oxygens (including phenoxy) is 1. The number of nitrogens with one attached hydrogen (secondary N) is 3.